The summed E-state index contributed by atoms with van der Waals surface area (Å²) in [5.41, 5.74) is 3.68. The molecule has 0 bridgehead atoms. The van der Waals surface area contributed by atoms with E-state index >= 15 is 0 Å². The average Bonchev–Trinajstić information content (AvgIpc) is 2.21. The number of rotatable bonds is 4. The molecule has 1 aromatic rings. The third-order valence-electron chi connectivity index (χ3n) is 2.52. The first-order valence-corrected chi connectivity index (χ1v) is 6.11. The zero-order valence-corrected chi connectivity index (χ0v) is 11.8. The molecule has 0 spiro atoms. The largest absolute Gasteiger partial charge is 0.478 e. The second-order valence-electron chi connectivity index (χ2n) is 3.99. The molecule has 4 heteroatoms. The van der Waals surface area contributed by atoms with Gasteiger partial charge in [0.05, 0.1) is 0 Å². The van der Waals surface area contributed by atoms with Crippen LogP contribution >= 0.6 is 15.9 Å². The van der Waals surface area contributed by atoms with Gasteiger partial charge in [-0.2, -0.15) is 0 Å². The highest BCUT2D eigenvalue weighted by atomic mass is 79.9. The lowest BCUT2D eigenvalue weighted by atomic mass is 10.1. The number of carboxylic acids is 1. The highest BCUT2D eigenvalue weighted by molar-refractivity contribution is 9.10. The maximum Gasteiger partial charge on any atom is 0.331 e. The number of halogens is 1. The number of aryl methyl sites for hydroxylation is 2. The van der Waals surface area contributed by atoms with Crippen LogP contribution in [0.1, 0.15) is 18.1 Å². The van der Waals surface area contributed by atoms with Crippen LogP contribution < -0.4 is 5.32 Å². The summed E-state index contributed by atoms with van der Waals surface area (Å²) in [6.07, 6.45) is 1.67. The number of benzene rings is 1. The second kappa shape index (κ2) is 5.87. The maximum absolute atomic E-state index is 10.6. The molecule has 0 aliphatic heterocycles. The lowest BCUT2D eigenvalue weighted by Crippen LogP contribution is -2.05. The molecule has 0 saturated carbocycles. The minimum Gasteiger partial charge on any atom is -0.478 e. The van der Waals surface area contributed by atoms with Gasteiger partial charge in [0.15, 0.2) is 0 Å². The van der Waals surface area contributed by atoms with E-state index in [4.69, 9.17) is 5.11 Å². The van der Waals surface area contributed by atoms with E-state index in [0.717, 1.165) is 21.3 Å². The number of anilines is 1. The van der Waals surface area contributed by atoms with Gasteiger partial charge >= 0.3 is 5.97 Å². The normalized spacial score (nSPS) is 11.4. The topological polar surface area (TPSA) is 49.3 Å². The van der Waals surface area contributed by atoms with Gasteiger partial charge in [-0.25, -0.2) is 4.79 Å². The van der Waals surface area contributed by atoms with Crippen molar-refractivity contribution in [2.75, 3.05) is 11.9 Å². The Balaban J connectivity index is 2.77. The standard InChI is InChI=1S/C13H16BrNO2/c1-8(13(16)17)4-5-15-12-9(2)6-11(14)7-10(12)3/h4,6-7,15H,5H2,1-3H3,(H,16,17). The van der Waals surface area contributed by atoms with Gasteiger partial charge in [-0.3, -0.25) is 0 Å². The SMILES string of the molecule is CC(=CCNc1c(C)cc(Br)cc1C)C(=O)O. The van der Waals surface area contributed by atoms with Gasteiger partial charge in [0.25, 0.3) is 0 Å². The van der Waals surface area contributed by atoms with Gasteiger partial charge in [-0.05, 0) is 44.0 Å². The van der Waals surface area contributed by atoms with E-state index in [-0.39, 0.29) is 0 Å². The lowest BCUT2D eigenvalue weighted by molar-refractivity contribution is -0.132. The van der Waals surface area contributed by atoms with Crippen LogP contribution in [-0.4, -0.2) is 17.6 Å². The lowest BCUT2D eigenvalue weighted by Gasteiger charge is -2.12. The molecule has 0 fully saturated rings. The fourth-order valence-corrected chi connectivity index (χ4v) is 2.27. The second-order valence-corrected chi connectivity index (χ2v) is 4.90. The van der Waals surface area contributed by atoms with E-state index in [9.17, 15) is 4.79 Å². The van der Waals surface area contributed by atoms with Crippen LogP contribution in [0.5, 0.6) is 0 Å². The van der Waals surface area contributed by atoms with Crippen LogP contribution in [0.25, 0.3) is 0 Å². The Morgan fingerprint density at radius 1 is 1.41 bits per heavy atom. The van der Waals surface area contributed by atoms with Gasteiger partial charge in [-0.15, -0.1) is 0 Å². The number of nitrogens with one attached hydrogen (secondary N) is 1. The maximum atomic E-state index is 10.6. The van der Waals surface area contributed by atoms with Crippen molar-refractivity contribution in [2.24, 2.45) is 0 Å². The summed E-state index contributed by atoms with van der Waals surface area (Å²) in [7, 11) is 0. The van der Waals surface area contributed by atoms with Crippen LogP contribution in [0, 0.1) is 13.8 Å². The molecule has 1 aromatic carbocycles. The number of aliphatic carboxylic acids is 1. The summed E-state index contributed by atoms with van der Waals surface area (Å²) >= 11 is 3.44. The molecule has 92 valence electrons. The van der Waals surface area contributed by atoms with E-state index in [1.807, 2.05) is 26.0 Å². The molecular formula is C13H16BrNO2. The molecule has 0 amide bonds. The first-order chi connectivity index (χ1) is 7.91. The molecule has 17 heavy (non-hydrogen) atoms. The van der Waals surface area contributed by atoms with Crippen molar-refractivity contribution < 1.29 is 9.90 Å². The fraction of sp³-hybridized carbons (Fsp3) is 0.308. The molecule has 3 nitrogen and oxygen atoms in total. The van der Waals surface area contributed by atoms with E-state index < -0.39 is 5.97 Å². The number of hydrogen-bond donors (Lipinski definition) is 2. The van der Waals surface area contributed by atoms with Gasteiger partial charge < -0.3 is 10.4 Å². The molecular weight excluding hydrogens is 282 g/mol. The molecule has 0 unspecified atom stereocenters. The summed E-state index contributed by atoms with van der Waals surface area (Å²) in [4.78, 5) is 10.6. The molecule has 0 heterocycles. The van der Waals surface area contributed by atoms with Gasteiger partial charge in [0.2, 0.25) is 0 Å². The van der Waals surface area contributed by atoms with Crippen molar-refractivity contribution in [2.45, 2.75) is 20.8 Å². The third kappa shape index (κ3) is 3.89. The average molecular weight is 298 g/mol. The van der Waals surface area contributed by atoms with E-state index in [2.05, 4.69) is 21.2 Å². The molecule has 0 atom stereocenters. The summed E-state index contributed by atoms with van der Waals surface area (Å²) in [6, 6.07) is 4.06. The highest BCUT2D eigenvalue weighted by Gasteiger charge is 2.03. The minimum atomic E-state index is -0.879. The molecule has 0 saturated heterocycles. The Labute approximate surface area is 110 Å². The van der Waals surface area contributed by atoms with Gasteiger partial charge in [-0.1, -0.05) is 22.0 Å². The molecule has 0 radical (unpaired) electrons. The van der Waals surface area contributed by atoms with Crippen molar-refractivity contribution >= 4 is 27.6 Å². The monoisotopic (exact) mass is 297 g/mol. The Morgan fingerprint density at radius 3 is 2.41 bits per heavy atom. The zero-order chi connectivity index (χ0) is 13.0. The van der Waals surface area contributed by atoms with E-state index in [1.165, 1.54) is 0 Å². The molecule has 0 aromatic heterocycles. The van der Waals surface area contributed by atoms with Crippen LogP contribution in [0.15, 0.2) is 28.3 Å². The molecule has 2 N–H and O–H groups in total. The van der Waals surface area contributed by atoms with Crippen LogP contribution in [-0.2, 0) is 4.79 Å². The number of carbonyl (C=O) groups is 1. The third-order valence-corrected chi connectivity index (χ3v) is 2.98. The van der Waals surface area contributed by atoms with Gasteiger partial charge in [0, 0.05) is 22.3 Å². The van der Waals surface area contributed by atoms with Crippen molar-refractivity contribution in [3.8, 4) is 0 Å². The van der Waals surface area contributed by atoms with Crippen LogP contribution in [0.4, 0.5) is 5.69 Å². The Morgan fingerprint density at radius 2 is 1.94 bits per heavy atom. The number of hydrogen-bond acceptors (Lipinski definition) is 2. The zero-order valence-electron chi connectivity index (χ0n) is 10.2. The molecule has 1 rings (SSSR count). The van der Waals surface area contributed by atoms with E-state index in [1.54, 1.807) is 13.0 Å². The van der Waals surface area contributed by atoms with Crippen molar-refractivity contribution in [3.05, 3.63) is 39.4 Å². The highest BCUT2D eigenvalue weighted by Crippen LogP contribution is 2.24. The first-order valence-electron chi connectivity index (χ1n) is 5.32. The Bertz CT molecular complexity index is 443. The minimum absolute atomic E-state index is 0.352. The molecule has 0 aliphatic carbocycles. The quantitative estimate of drug-likeness (QED) is 0.836. The van der Waals surface area contributed by atoms with Crippen molar-refractivity contribution in [1.29, 1.82) is 0 Å². The predicted molar refractivity (Wildman–Crippen MR) is 73.5 cm³/mol. The van der Waals surface area contributed by atoms with Crippen molar-refractivity contribution in [1.82, 2.24) is 0 Å². The smallest absolute Gasteiger partial charge is 0.331 e. The summed E-state index contributed by atoms with van der Waals surface area (Å²) in [6.45, 7) is 6.15. The van der Waals surface area contributed by atoms with Gasteiger partial charge in [0.1, 0.15) is 0 Å². The predicted octanol–water partition coefficient (Wildman–Crippen LogP) is 3.51. The van der Waals surface area contributed by atoms with Crippen LogP contribution in [0.2, 0.25) is 0 Å². The summed E-state index contributed by atoms with van der Waals surface area (Å²) < 4.78 is 1.05. The van der Waals surface area contributed by atoms with Crippen LogP contribution in [0.3, 0.4) is 0 Å². The summed E-state index contributed by atoms with van der Waals surface area (Å²) in [5.74, 6) is -0.879. The van der Waals surface area contributed by atoms with Crippen molar-refractivity contribution in [3.63, 3.8) is 0 Å². The fourth-order valence-electron chi connectivity index (χ4n) is 1.58. The Kier molecular flexibility index (Phi) is 4.75. The molecule has 0 aliphatic rings. The summed E-state index contributed by atoms with van der Waals surface area (Å²) in [5, 5.41) is 12.0. The first kappa shape index (κ1) is 13.8. The number of carboxylic acid groups (broad SMARTS) is 1. The van der Waals surface area contributed by atoms with E-state index in [0.29, 0.717) is 12.1 Å². The Hall–Kier alpha value is -1.29.